The van der Waals surface area contributed by atoms with Crippen LogP contribution in [0.15, 0.2) is 12.2 Å². The van der Waals surface area contributed by atoms with Gasteiger partial charge in [-0.25, -0.2) is 0 Å². The van der Waals surface area contributed by atoms with Gasteiger partial charge < -0.3 is 5.73 Å². The third-order valence-corrected chi connectivity index (χ3v) is 1.47. The summed E-state index contributed by atoms with van der Waals surface area (Å²) < 4.78 is 0. The molecule has 0 aliphatic heterocycles. The highest BCUT2D eigenvalue weighted by Gasteiger charge is 1.94. The van der Waals surface area contributed by atoms with Crippen molar-refractivity contribution in [2.45, 2.75) is 26.7 Å². The summed E-state index contributed by atoms with van der Waals surface area (Å²) in [7, 11) is 0. The molecule has 54 valence electrons. The predicted molar refractivity (Wildman–Crippen MR) is 42.3 cm³/mol. The standard InChI is InChI=1S/C8H17N/c1-3-5-6-8(4-2)7-9/h5-6,8H,3-4,7,9H2,1-2H3/b6-5-. The molecule has 0 heterocycles. The molecular formula is C8H17N. The molecule has 1 nitrogen and oxygen atoms in total. The van der Waals surface area contributed by atoms with Gasteiger partial charge in [0.1, 0.15) is 0 Å². The molecule has 0 aliphatic carbocycles. The van der Waals surface area contributed by atoms with Gasteiger partial charge in [0.25, 0.3) is 0 Å². The maximum absolute atomic E-state index is 5.47. The molecule has 0 aromatic carbocycles. The van der Waals surface area contributed by atoms with E-state index in [9.17, 15) is 0 Å². The van der Waals surface area contributed by atoms with Crippen LogP contribution in [-0.2, 0) is 0 Å². The Hall–Kier alpha value is -0.300. The van der Waals surface area contributed by atoms with Gasteiger partial charge in [-0.05, 0) is 25.3 Å². The van der Waals surface area contributed by atoms with Gasteiger partial charge in [-0.3, -0.25) is 0 Å². The summed E-state index contributed by atoms with van der Waals surface area (Å²) in [6, 6.07) is 0. The zero-order valence-corrected chi connectivity index (χ0v) is 6.43. The van der Waals surface area contributed by atoms with Crippen LogP contribution in [0.25, 0.3) is 0 Å². The van der Waals surface area contributed by atoms with E-state index in [-0.39, 0.29) is 0 Å². The van der Waals surface area contributed by atoms with Crippen molar-refractivity contribution in [3.8, 4) is 0 Å². The van der Waals surface area contributed by atoms with Crippen LogP contribution in [0.4, 0.5) is 0 Å². The van der Waals surface area contributed by atoms with E-state index in [1.165, 1.54) is 0 Å². The number of hydrogen-bond acceptors (Lipinski definition) is 1. The van der Waals surface area contributed by atoms with E-state index >= 15 is 0 Å². The largest absolute Gasteiger partial charge is 0.330 e. The minimum atomic E-state index is 0.602. The van der Waals surface area contributed by atoms with Crippen molar-refractivity contribution in [1.29, 1.82) is 0 Å². The van der Waals surface area contributed by atoms with Crippen LogP contribution in [0.1, 0.15) is 26.7 Å². The molecule has 0 fully saturated rings. The molecule has 0 aromatic rings. The summed E-state index contributed by atoms with van der Waals surface area (Å²) in [5, 5.41) is 0. The van der Waals surface area contributed by atoms with Gasteiger partial charge in [0.05, 0.1) is 0 Å². The third-order valence-electron chi connectivity index (χ3n) is 1.47. The molecule has 2 N–H and O–H groups in total. The molecule has 0 radical (unpaired) electrons. The van der Waals surface area contributed by atoms with Gasteiger partial charge in [0.2, 0.25) is 0 Å². The molecule has 0 aromatic heterocycles. The summed E-state index contributed by atoms with van der Waals surface area (Å²) in [5.74, 6) is 0.602. The van der Waals surface area contributed by atoms with Crippen LogP contribution in [0.3, 0.4) is 0 Å². The van der Waals surface area contributed by atoms with E-state index in [0.29, 0.717) is 5.92 Å². The summed E-state index contributed by atoms with van der Waals surface area (Å²) in [5.41, 5.74) is 5.47. The Morgan fingerprint density at radius 2 is 2.11 bits per heavy atom. The summed E-state index contributed by atoms with van der Waals surface area (Å²) >= 11 is 0. The molecule has 0 rings (SSSR count). The monoisotopic (exact) mass is 127 g/mol. The first-order chi connectivity index (χ1) is 4.35. The van der Waals surface area contributed by atoms with Gasteiger partial charge in [0, 0.05) is 0 Å². The first kappa shape index (κ1) is 8.70. The molecule has 1 heteroatoms. The molecule has 0 saturated carbocycles. The van der Waals surface area contributed by atoms with Gasteiger partial charge in [-0.2, -0.15) is 0 Å². The molecule has 0 aliphatic rings. The van der Waals surface area contributed by atoms with Crippen molar-refractivity contribution in [2.24, 2.45) is 11.7 Å². The Bertz CT molecular complexity index is 72.6. The van der Waals surface area contributed by atoms with E-state index in [2.05, 4.69) is 26.0 Å². The number of rotatable bonds is 4. The molecule has 9 heavy (non-hydrogen) atoms. The summed E-state index contributed by atoms with van der Waals surface area (Å²) in [4.78, 5) is 0. The Balaban J connectivity index is 3.41. The minimum absolute atomic E-state index is 0.602. The van der Waals surface area contributed by atoms with Crippen LogP contribution in [0.5, 0.6) is 0 Å². The van der Waals surface area contributed by atoms with Crippen molar-refractivity contribution in [3.63, 3.8) is 0 Å². The van der Waals surface area contributed by atoms with Crippen molar-refractivity contribution < 1.29 is 0 Å². The lowest BCUT2D eigenvalue weighted by Gasteiger charge is -2.03. The Kier molecular flexibility index (Phi) is 5.64. The van der Waals surface area contributed by atoms with Crippen LogP contribution in [0.2, 0.25) is 0 Å². The van der Waals surface area contributed by atoms with Crippen LogP contribution in [-0.4, -0.2) is 6.54 Å². The van der Waals surface area contributed by atoms with Gasteiger partial charge in [-0.1, -0.05) is 26.0 Å². The first-order valence-electron chi connectivity index (χ1n) is 3.71. The third kappa shape index (κ3) is 4.22. The predicted octanol–water partition coefficient (Wildman–Crippen LogP) is 1.94. The fraction of sp³-hybridized carbons (Fsp3) is 0.750. The molecule has 1 atom stereocenters. The van der Waals surface area contributed by atoms with Crippen molar-refractivity contribution in [2.75, 3.05) is 6.54 Å². The zero-order chi connectivity index (χ0) is 7.11. The fourth-order valence-electron chi connectivity index (χ4n) is 0.710. The second-order valence-electron chi connectivity index (χ2n) is 2.24. The van der Waals surface area contributed by atoms with Gasteiger partial charge in [0.15, 0.2) is 0 Å². The average Bonchev–Trinajstić information content (AvgIpc) is 1.91. The SMILES string of the molecule is CC/C=C\C(CC)CN. The van der Waals surface area contributed by atoms with Crippen molar-refractivity contribution >= 4 is 0 Å². The topological polar surface area (TPSA) is 26.0 Å². The van der Waals surface area contributed by atoms with E-state index in [4.69, 9.17) is 5.73 Å². The maximum Gasteiger partial charge on any atom is -0.00143 e. The molecule has 0 bridgehead atoms. The highest BCUT2D eigenvalue weighted by molar-refractivity contribution is 4.87. The van der Waals surface area contributed by atoms with E-state index in [1.54, 1.807) is 0 Å². The maximum atomic E-state index is 5.47. The lowest BCUT2D eigenvalue weighted by atomic mass is 10.1. The van der Waals surface area contributed by atoms with Crippen LogP contribution in [0, 0.1) is 5.92 Å². The van der Waals surface area contributed by atoms with Crippen molar-refractivity contribution in [1.82, 2.24) is 0 Å². The minimum Gasteiger partial charge on any atom is -0.330 e. The Morgan fingerprint density at radius 3 is 2.44 bits per heavy atom. The lowest BCUT2D eigenvalue weighted by Crippen LogP contribution is -2.10. The molecule has 0 amide bonds. The van der Waals surface area contributed by atoms with Crippen LogP contribution >= 0.6 is 0 Å². The number of hydrogen-bond donors (Lipinski definition) is 1. The highest BCUT2D eigenvalue weighted by Crippen LogP contribution is 2.01. The summed E-state index contributed by atoms with van der Waals surface area (Å²) in [6.07, 6.45) is 6.67. The molecular weight excluding hydrogens is 110 g/mol. The molecule has 0 spiro atoms. The first-order valence-corrected chi connectivity index (χ1v) is 3.71. The molecule has 0 saturated heterocycles. The molecule has 1 unspecified atom stereocenters. The zero-order valence-electron chi connectivity index (χ0n) is 6.43. The second-order valence-corrected chi connectivity index (χ2v) is 2.24. The smallest absolute Gasteiger partial charge is 0.00143 e. The number of nitrogens with two attached hydrogens (primary N) is 1. The van der Waals surface area contributed by atoms with E-state index in [1.807, 2.05) is 0 Å². The van der Waals surface area contributed by atoms with Gasteiger partial charge in [-0.15, -0.1) is 0 Å². The Morgan fingerprint density at radius 1 is 1.44 bits per heavy atom. The number of allylic oxidation sites excluding steroid dienone is 1. The average molecular weight is 127 g/mol. The Labute approximate surface area is 57.9 Å². The highest BCUT2D eigenvalue weighted by atomic mass is 14.5. The van der Waals surface area contributed by atoms with Gasteiger partial charge >= 0.3 is 0 Å². The summed E-state index contributed by atoms with van der Waals surface area (Å²) in [6.45, 7) is 5.09. The second kappa shape index (κ2) is 5.83. The van der Waals surface area contributed by atoms with Crippen molar-refractivity contribution in [3.05, 3.63) is 12.2 Å². The quantitative estimate of drug-likeness (QED) is 0.574. The van der Waals surface area contributed by atoms with Crippen LogP contribution < -0.4 is 5.73 Å². The fourth-order valence-corrected chi connectivity index (χ4v) is 0.710. The van der Waals surface area contributed by atoms with E-state index in [0.717, 1.165) is 19.4 Å². The normalized spacial score (nSPS) is 14.6. The lowest BCUT2D eigenvalue weighted by molar-refractivity contribution is 0.638. The van der Waals surface area contributed by atoms with E-state index < -0.39 is 0 Å².